The first-order valence-corrected chi connectivity index (χ1v) is 37.8. The number of hydrogen-bond donors (Lipinski definition) is 1. The molecule has 4 aliphatic rings. The Labute approximate surface area is 651 Å². The molecule has 0 bridgehead atoms. The fraction of sp³-hybridized carbons (Fsp3) is 0.386. The summed E-state index contributed by atoms with van der Waals surface area (Å²) in [4.78, 5) is 86.7. The predicted molar refractivity (Wildman–Crippen MR) is 404 cm³/mol. The summed E-state index contributed by atoms with van der Waals surface area (Å²) >= 11 is 0. The first-order valence-electron chi connectivity index (χ1n) is 37.8. The summed E-state index contributed by atoms with van der Waals surface area (Å²) in [5.41, 5.74) is 4.87. The van der Waals surface area contributed by atoms with Crippen LogP contribution in [0.2, 0.25) is 0 Å². The van der Waals surface area contributed by atoms with E-state index in [4.69, 9.17) is 75.8 Å². The molecule has 24 heteroatoms. The standard InChI is InChI=1S/C88H95NO23/c1-58(91)42-47-73(93)109-76-69(49-90)106-88(111-77-71(57-100-51-64-43-45-66(97-2)46-44-64)107-86(101-48-26-10-23-41-72(92)98-3)74(78(77)103-53-61-31-15-6-16-32-61)89-83(94)67-39-24-25-40-68(67)84(89)95)82(110-85(96)65-37-21-9-22-38-65)80(76)112-87-81(105-55-63-35-19-8-20-36-63)79(104-54-62-33-17-7-18-34-62)75(102-52-60-29-13-5-14-30-60)70(108-87)56-99-50-59-27-11-4-12-28-59/h4-9,11-22,24-25,27-40,43-46,69-71,74-82,86-88,90H,10,23,26,41-42,47-57H2,1-3H3/t69-,70-,71-,74-,75+,76+,77-,78-,79+,80+,81-,82-,86-,87-,88+/m1/s1. The molecular weight excluding hydrogens is 1440 g/mol. The second-order valence-corrected chi connectivity index (χ2v) is 27.6. The van der Waals surface area contributed by atoms with E-state index in [0.717, 1.165) is 32.7 Å². The number of unbranched alkanes of at least 4 members (excludes halogenated alkanes) is 2. The summed E-state index contributed by atoms with van der Waals surface area (Å²) < 4.78 is 109. The Balaban J connectivity index is 1.01. The number of imide groups is 1. The second kappa shape index (κ2) is 41.7. The summed E-state index contributed by atoms with van der Waals surface area (Å²) in [6.07, 6.45) is -20.3. The number of Topliss-reactive ketones (excluding diaryl/α,β-unsaturated/α-hetero) is 1. The fourth-order valence-electron chi connectivity index (χ4n) is 13.9. The predicted octanol–water partition coefficient (Wildman–Crippen LogP) is 11.6. The van der Waals surface area contributed by atoms with Gasteiger partial charge in [0.1, 0.15) is 72.5 Å². The summed E-state index contributed by atoms with van der Waals surface area (Å²) in [5.74, 6) is -3.37. The summed E-state index contributed by atoms with van der Waals surface area (Å²) in [6, 6.07) is 67.3. The molecule has 15 atom stereocenters. The number of amides is 2. The topological polar surface area (TPSA) is 274 Å². The third kappa shape index (κ3) is 22.1. The van der Waals surface area contributed by atoms with Gasteiger partial charge >= 0.3 is 17.9 Å². The van der Waals surface area contributed by atoms with E-state index in [0.29, 0.717) is 30.6 Å². The van der Waals surface area contributed by atoms with Crippen molar-refractivity contribution < 1.29 is 110 Å². The van der Waals surface area contributed by atoms with Crippen LogP contribution in [0.15, 0.2) is 231 Å². The van der Waals surface area contributed by atoms with Crippen LogP contribution in [0.1, 0.15) is 110 Å². The zero-order valence-corrected chi connectivity index (χ0v) is 62.8. The molecule has 24 nitrogen and oxygen atoms in total. The quantitative estimate of drug-likeness (QED) is 0.0162. The zero-order valence-electron chi connectivity index (χ0n) is 62.8. The molecule has 0 saturated carbocycles. The highest BCUT2D eigenvalue weighted by molar-refractivity contribution is 6.21. The lowest BCUT2D eigenvalue weighted by atomic mass is 9.93. The van der Waals surface area contributed by atoms with Crippen LogP contribution in [0, 0.1) is 0 Å². The number of carbonyl (C=O) groups excluding carboxylic acids is 6. The van der Waals surface area contributed by atoms with Crippen LogP contribution in [0.5, 0.6) is 5.75 Å². The SMILES string of the molecule is COC(=O)CCCCCO[C@@H]1O[C@H](COCc2ccc(OC)cc2)[C@@H](O[C@@H]2O[C@H](CO)[C@H](OC(=O)CCC(C)=O)[C@H](O[C@H]3O[C@H](COCc4ccccc4)[C@H](OCc4ccccc4)[C@H](OCc4ccccc4)[C@H]3OCc3ccccc3)[C@H]2OC(=O)c2ccccc2)[C@H](OCc2ccccc2)[C@H]1N1C(=O)c2ccccc2C1=O. The number of nitrogens with zero attached hydrogens (tertiary/aromatic N) is 1. The van der Waals surface area contributed by atoms with Crippen molar-refractivity contribution in [1.82, 2.24) is 4.90 Å². The third-order valence-corrected chi connectivity index (χ3v) is 19.7. The molecule has 12 rings (SSSR count). The Bertz CT molecular complexity index is 4210. The molecular formula is C88H95NO23. The van der Waals surface area contributed by atoms with Gasteiger partial charge in [-0.25, -0.2) is 4.79 Å². The molecule has 8 aromatic rings. The van der Waals surface area contributed by atoms with Gasteiger partial charge in [-0.3, -0.25) is 24.1 Å². The van der Waals surface area contributed by atoms with Crippen LogP contribution in [0.4, 0.5) is 0 Å². The first-order chi connectivity index (χ1) is 54.8. The van der Waals surface area contributed by atoms with Crippen molar-refractivity contribution in [2.75, 3.05) is 40.6 Å². The van der Waals surface area contributed by atoms with Gasteiger partial charge in [0, 0.05) is 19.4 Å². The number of fused-ring (bicyclic) bond motifs is 1. The van der Waals surface area contributed by atoms with Crippen molar-refractivity contribution >= 4 is 35.5 Å². The highest BCUT2D eigenvalue weighted by Crippen LogP contribution is 2.42. The molecule has 590 valence electrons. The molecule has 3 saturated heterocycles. The van der Waals surface area contributed by atoms with Crippen LogP contribution >= 0.6 is 0 Å². The highest BCUT2D eigenvalue weighted by atomic mass is 16.8. The maximum absolute atomic E-state index is 15.4. The molecule has 8 aromatic carbocycles. The molecule has 4 aliphatic heterocycles. The molecule has 2 amide bonds. The molecule has 0 radical (unpaired) electrons. The Kier molecular flexibility index (Phi) is 30.4. The fourth-order valence-corrected chi connectivity index (χ4v) is 13.9. The number of ether oxygens (including phenoxy) is 16. The number of aliphatic hydroxyl groups is 1. The van der Waals surface area contributed by atoms with Crippen LogP contribution in [-0.4, -0.2) is 178 Å². The number of benzene rings is 8. The van der Waals surface area contributed by atoms with Crippen LogP contribution in [-0.2, 0) is 125 Å². The molecule has 3 fully saturated rings. The molecule has 0 spiro atoms. The molecule has 1 N–H and O–H groups in total. The van der Waals surface area contributed by atoms with Crippen LogP contribution in [0.25, 0.3) is 0 Å². The van der Waals surface area contributed by atoms with Gasteiger partial charge in [0.25, 0.3) is 11.8 Å². The smallest absolute Gasteiger partial charge is 0.338 e. The van der Waals surface area contributed by atoms with Gasteiger partial charge in [-0.15, -0.1) is 0 Å². The minimum atomic E-state index is -1.96. The Morgan fingerprint density at radius 1 is 0.393 bits per heavy atom. The van der Waals surface area contributed by atoms with E-state index in [-0.39, 0.29) is 101 Å². The van der Waals surface area contributed by atoms with Crippen molar-refractivity contribution in [3.63, 3.8) is 0 Å². The van der Waals surface area contributed by atoms with Gasteiger partial charge in [-0.05, 0) is 89.5 Å². The average Bonchev–Trinajstić information content (AvgIpc) is 1.58. The summed E-state index contributed by atoms with van der Waals surface area (Å²) in [6.45, 7) is -0.0540. The van der Waals surface area contributed by atoms with Crippen molar-refractivity contribution in [3.05, 3.63) is 281 Å². The lowest BCUT2D eigenvalue weighted by Crippen LogP contribution is -2.70. The first kappa shape index (κ1) is 81.7. The van der Waals surface area contributed by atoms with E-state index in [1.807, 2.05) is 164 Å². The van der Waals surface area contributed by atoms with E-state index in [1.54, 1.807) is 61.7 Å². The number of rotatable bonds is 40. The third-order valence-electron chi connectivity index (χ3n) is 19.7. The van der Waals surface area contributed by atoms with E-state index in [9.17, 15) is 19.5 Å². The van der Waals surface area contributed by atoms with Crippen molar-refractivity contribution in [1.29, 1.82) is 0 Å². The number of esters is 3. The van der Waals surface area contributed by atoms with E-state index in [1.165, 1.54) is 26.2 Å². The van der Waals surface area contributed by atoms with Gasteiger partial charge in [-0.2, -0.15) is 0 Å². The van der Waals surface area contributed by atoms with E-state index >= 15 is 14.4 Å². The lowest BCUT2D eigenvalue weighted by Gasteiger charge is -2.52. The minimum absolute atomic E-state index is 0.00250. The summed E-state index contributed by atoms with van der Waals surface area (Å²) in [7, 11) is 2.88. The van der Waals surface area contributed by atoms with E-state index < -0.39 is 129 Å². The number of carbonyl (C=O) groups is 6. The monoisotopic (exact) mass is 1530 g/mol. The van der Waals surface area contributed by atoms with Crippen molar-refractivity contribution in [3.8, 4) is 5.75 Å². The molecule has 0 unspecified atom stereocenters. The molecule has 112 heavy (non-hydrogen) atoms. The Morgan fingerprint density at radius 2 is 0.839 bits per heavy atom. The van der Waals surface area contributed by atoms with Gasteiger partial charge < -0.3 is 85.7 Å². The van der Waals surface area contributed by atoms with Crippen molar-refractivity contribution in [2.24, 2.45) is 0 Å². The summed E-state index contributed by atoms with van der Waals surface area (Å²) in [5, 5.41) is 12.0. The maximum atomic E-state index is 15.4. The number of methoxy groups -OCH3 is 2. The Morgan fingerprint density at radius 3 is 1.36 bits per heavy atom. The zero-order chi connectivity index (χ0) is 78.0. The Hall–Kier alpha value is -9.74. The van der Waals surface area contributed by atoms with Crippen LogP contribution < -0.4 is 4.74 Å². The molecule has 0 aliphatic carbocycles. The van der Waals surface area contributed by atoms with E-state index in [2.05, 4.69) is 0 Å². The number of ketones is 1. The molecule has 4 heterocycles. The van der Waals surface area contributed by atoms with Gasteiger partial charge in [0.2, 0.25) is 0 Å². The van der Waals surface area contributed by atoms with Gasteiger partial charge in [0.05, 0.1) is 96.8 Å². The normalized spacial score (nSPS) is 24.2. The second-order valence-electron chi connectivity index (χ2n) is 27.6. The lowest BCUT2D eigenvalue weighted by molar-refractivity contribution is -0.384. The highest BCUT2D eigenvalue weighted by Gasteiger charge is 2.60. The average molecular weight is 1530 g/mol. The van der Waals surface area contributed by atoms with Gasteiger partial charge in [-0.1, -0.05) is 201 Å². The number of hydrogen-bond acceptors (Lipinski definition) is 23. The van der Waals surface area contributed by atoms with Gasteiger partial charge in [0.15, 0.2) is 31.1 Å². The van der Waals surface area contributed by atoms with Crippen molar-refractivity contribution in [2.45, 2.75) is 177 Å². The van der Waals surface area contributed by atoms with Crippen LogP contribution in [0.3, 0.4) is 0 Å². The maximum Gasteiger partial charge on any atom is 0.338 e. The molecule has 0 aromatic heterocycles. The largest absolute Gasteiger partial charge is 0.497 e. The number of aliphatic hydroxyl groups excluding tert-OH is 1. The minimum Gasteiger partial charge on any atom is -0.497 e.